The summed E-state index contributed by atoms with van der Waals surface area (Å²) in [5.41, 5.74) is 6.55. The quantitative estimate of drug-likeness (QED) is 0.843. The molecule has 7 heteroatoms. The zero-order valence-corrected chi connectivity index (χ0v) is 14.8. The van der Waals surface area contributed by atoms with Crippen LogP contribution in [0.15, 0.2) is 59.9 Å². The Morgan fingerprint density at radius 3 is 2.64 bits per heavy atom. The van der Waals surface area contributed by atoms with Crippen molar-refractivity contribution in [3.8, 4) is 0 Å². The first-order valence-corrected chi connectivity index (χ1v) is 8.75. The van der Waals surface area contributed by atoms with Crippen LogP contribution in [0.25, 0.3) is 0 Å². The van der Waals surface area contributed by atoms with Crippen molar-refractivity contribution < 1.29 is 4.79 Å². The second-order valence-corrected chi connectivity index (χ2v) is 6.61. The lowest BCUT2D eigenvalue weighted by Gasteiger charge is -2.31. The molecule has 0 saturated carbocycles. The first-order valence-electron chi connectivity index (χ1n) is 8.00. The molecule has 2 aromatic carbocycles. The summed E-state index contributed by atoms with van der Waals surface area (Å²) in [7, 11) is 0. The van der Waals surface area contributed by atoms with E-state index in [4.69, 9.17) is 23.2 Å². The third-order valence-electron chi connectivity index (χ3n) is 4.26. The molecular formula is C18H16Cl2N4O. The Balaban J connectivity index is 1.76. The van der Waals surface area contributed by atoms with Crippen LogP contribution in [-0.4, -0.2) is 24.1 Å². The lowest BCUT2D eigenvalue weighted by molar-refractivity contribution is 0.0704. The van der Waals surface area contributed by atoms with Crippen LogP contribution < -0.4 is 15.8 Å². The van der Waals surface area contributed by atoms with E-state index >= 15 is 0 Å². The van der Waals surface area contributed by atoms with Crippen molar-refractivity contribution in [2.75, 3.05) is 18.1 Å². The summed E-state index contributed by atoms with van der Waals surface area (Å²) in [6.45, 7) is 1.55. The van der Waals surface area contributed by atoms with Gasteiger partial charge in [-0.2, -0.15) is 0 Å². The largest absolute Gasteiger partial charge is 0.311 e. The van der Waals surface area contributed by atoms with Gasteiger partial charge in [0.05, 0.1) is 32.7 Å². The van der Waals surface area contributed by atoms with Gasteiger partial charge < -0.3 is 5.32 Å². The molecule has 0 spiro atoms. The summed E-state index contributed by atoms with van der Waals surface area (Å²) < 4.78 is 0. The Morgan fingerprint density at radius 1 is 1.04 bits per heavy atom. The standard InChI is InChI=1S/C18H16Cl2N4O/c19-14-8-4-7-13(17(14)20)18(25)24-22-15-11-21-10-9-16(15)23(24)12-5-2-1-3-6-12/h1-8,21-22H,9-11H2. The smallest absolute Gasteiger partial charge is 0.293 e. The third-order valence-corrected chi connectivity index (χ3v) is 5.08. The highest BCUT2D eigenvalue weighted by Crippen LogP contribution is 2.33. The van der Waals surface area contributed by atoms with Crippen LogP contribution in [0.5, 0.6) is 0 Å². The Morgan fingerprint density at radius 2 is 1.84 bits per heavy atom. The minimum absolute atomic E-state index is 0.256. The number of carbonyl (C=O) groups is 1. The SMILES string of the molecule is O=C(c1cccc(Cl)c1Cl)N1NC2=C(CCNC2)N1c1ccccc1. The summed E-state index contributed by atoms with van der Waals surface area (Å²) in [4.78, 5) is 13.2. The molecular weight excluding hydrogens is 359 g/mol. The Bertz CT molecular complexity index is 853. The number of halogens is 2. The van der Waals surface area contributed by atoms with E-state index < -0.39 is 0 Å². The zero-order valence-electron chi connectivity index (χ0n) is 13.3. The number of amides is 1. The molecule has 2 N–H and O–H groups in total. The van der Waals surface area contributed by atoms with Gasteiger partial charge in [0.1, 0.15) is 0 Å². The zero-order chi connectivity index (χ0) is 17.4. The molecule has 0 radical (unpaired) electrons. The van der Waals surface area contributed by atoms with E-state index in [9.17, 15) is 4.79 Å². The van der Waals surface area contributed by atoms with Crippen molar-refractivity contribution in [2.24, 2.45) is 0 Å². The maximum atomic E-state index is 13.2. The van der Waals surface area contributed by atoms with Crippen molar-refractivity contribution in [3.05, 3.63) is 75.5 Å². The number of para-hydroxylation sites is 1. The summed E-state index contributed by atoms with van der Waals surface area (Å²) in [6.07, 6.45) is 0.824. The van der Waals surface area contributed by atoms with E-state index in [1.165, 1.54) is 5.12 Å². The Labute approximate surface area is 155 Å². The average Bonchev–Trinajstić information content (AvgIpc) is 3.03. The summed E-state index contributed by atoms with van der Waals surface area (Å²) >= 11 is 12.3. The molecule has 1 amide bonds. The van der Waals surface area contributed by atoms with Crippen molar-refractivity contribution in [3.63, 3.8) is 0 Å². The molecule has 2 aliphatic rings. The fraction of sp³-hybridized carbons (Fsp3) is 0.167. The first-order chi connectivity index (χ1) is 12.2. The number of anilines is 1. The number of carbonyl (C=O) groups excluding carboxylic acids is 1. The van der Waals surface area contributed by atoms with Crippen molar-refractivity contribution in [1.82, 2.24) is 15.9 Å². The molecule has 0 saturated heterocycles. The van der Waals surface area contributed by atoms with Crippen LogP contribution in [-0.2, 0) is 0 Å². The van der Waals surface area contributed by atoms with Crippen molar-refractivity contribution in [2.45, 2.75) is 6.42 Å². The van der Waals surface area contributed by atoms with Crippen LogP contribution in [0.4, 0.5) is 5.69 Å². The molecule has 128 valence electrons. The number of hydrazine groups is 2. The highest BCUT2D eigenvalue weighted by molar-refractivity contribution is 6.43. The molecule has 0 bridgehead atoms. The normalized spacial score (nSPS) is 16.7. The van der Waals surface area contributed by atoms with E-state index in [2.05, 4.69) is 10.7 Å². The fourth-order valence-corrected chi connectivity index (χ4v) is 3.46. The molecule has 4 rings (SSSR count). The van der Waals surface area contributed by atoms with Gasteiger partial charge in [-0.25, -0.2) is 5.01 Å². The van der Waals surface area contributed by atoms with Crippen molar-refractivity contribution in [1.29, 1.82) is 0 Å². The maximum absolute atomic E-state index is 13.2. The van der Waals surface area contributed by atoms with Gasteiger partial charge in [0.15, 0.2) is 0 Å². The molecule has 0 fully saturated rings. The Hall–Kier alpha value is -2.21. The number of rotatable bonds is 2. The van der Waals surface area contributed by atoms with Gasteiger partial charge in [-0.15, -0.1) is 5.12 Å². The monoisotopic (exact) mass is 374 g/mol. The molecule has 25 heavy (non-hydrogen) atoms. The van der Waals surface area contributed by atoms with Gasteiger partial charge in [-0.3, -0.25) is 10.2 Å². The molecule has 0 atom stereocenters. The van der Waals surface area contributed by atoms with Crippen LogP contribution >= 0.6 is 23.2 Å². The van der Waals surface area contributed by atoms with Gasteiger partial charge in [0.25, 0.3) is 5.91 Å². The number of nitrogens with zero attached hydrogens (tertiary/aromatic N) is 2. The highest BCUT2D eigenvalue weighted by Gasteiger charge is 2.36. The van der Waals surface area contributed by atoms with Crippen LogP contribution in [0.3, 0.4) is 0 Å². The van der Waals surface area contributed by atoms with E-state index in [-0.39, 0.29) is 10.9 Å². The third kappa shape index (κ3) is 2.84. The van der Waals surface area contributed by atoms with Gasteiger partial charge in [-0.1, -0.05) is 47.5 Å². The van der Waals surface area contributed by atoms with E-state index in [0.717, 1.165) is 30.0 Å². The second kappa shape index (κ2) is 6.59. The molecule has 2 aromatic rings. The number of hydrogen-bond donors (Lipinski definition) is 2. The lowest BCUT2D eigenvalue weighted by Crippen LogP contribution is -2.48. The lowest BCUT2D eigenvalue weighted by atomic mass is 10.1. The van der Waals surface area contributed by atoms with Gasteiger partial charge >= 0.3 is 0 Å². The summed E-state index contributed by atoms with van der Waals surface area (Å²) in [5, 5.41) is 7.35. The summed E-state index contributed by atoms with van der Waals surface area (Å²) in [5.74, 6) is -0.259. The molecule has 0 aliphatic carbocycles. The van der Waals surface area contributed by atoms with Crippen LogP contribution in [0.2, 0.25) is 10.0 Å². The number of benzene rings is 2. The molecule has 0 aromatic heterocycles. The molecule has 2 aliphatic heterocycles. The van der Waals surface area contributed by atoms with Crippen molar-refractivity contribution >= 4 is 34.8 Å². The average molecular weight is 375 g/mol. The van der Waals surface area contributed by atoms with E-state index in [1.54, 1.807) is 18.2 Å². The predicted octanol–water partition coefficient (Wildman–Crippen LogP) is 3.58. The van der Waals surface area contributed by atoms with Gasteiger partial charge in [0, 0.05) is 19.5 Å². The molecule has 5 nitrogen and oxygen atoms in total. The maximum Gasteiger partial charge on any atom is 0.293 e. The van der Waals surface area contributed by atoms with E-state index in [0.29, 0.717) is 17.1 Å². The highest BCUT2D eigenvalue weighted by atomic mass is 35.5. The molecule has 0 unspecified atom stereocenters. The Kier molecular flexibility index (Phi) is 4.29. The van der Waals surface area contributed by atoms with Crippen LogP contribution in [0.1, 0.15) is 16.8 Å². The topological polar surface area (TPSA) is 47.6 Å². The van der Waals surface area contributed by atoms with Gasteiger partial charge in [0.2, 0.25) is 0 Å². The fourth-order valence-electron chi connectivity index (χ4n) is 3.07. The predicted molar refractivity (Wildman–Crippen MR) is 99.2 cm³/mol. The number of hydrogen-bond acceptors (Lipinski definition) is 4. The minimum Gasteiger partial charge on any atom is -0.311 e. The second-order valence-electron chi connectivity index (χ2n) is 5.83. The molecule has 2 heterocycles. The summed E-state index contributed by atoms with van der Waals surface area (Å²) in [6, 6.07) is 14.9. The first kappa shape index (κ1) is 16.3. The minimum atomic E-state index is -0.259. The van der Waals surface area contributed by atoms with E-state index in [1.807, 2.05) is 35.3 Å². The van der Waals surface area contributed by atoms with Crippen LogP contribution in [0, 0.1) is 0 Å². The number of nitrogens with one attached hydrogen (secondary N) is 2. The van der Waals surface area contributed by atoms with Gasteiger partial charge in [-0.05, 0) is 24.3 Å².